The van der Waals surface area contributed by atoms with E-state index in [1.807, 2.05) is 0 Å². The van der Waals surface area contributed by atoms with Gasteiger partial charge in [0.2, 0.25) is 0 Å². The molecule has 1 unspecified atom stereocenters. The van der Waals surface area contributed by atoms with Gasteiger partial charge in [0.25, 0.3) is 0 Å². The number of alkyl halides is 3. The van der Waals surface area contributed by atoms with Gasteiger partial charge in [0.05, 0.1) is 11.6 Å². The summed E-state index contributed by atoms with van der Waals surface area (Å²) in [4.78, 5) is 3.63. The molecule has 21 heavy (non-hydrogen) atoms. The van der Waals surface area contributed by atoms with E-state index in [-0.39, 0.29) is 11.1 Å². The third-order valence-electron chi connectivity index (χ3n) is 2.91. The van der Waals surface area contributed by atoms with Gasteiger partial charge < -0.3 is 0 Å². The number of pyridine rings is 1. The average molecular weight is 303 g/mol. The maximum atomic E-state index is 13.2. The molecule has 0 aliphatic heterocycles. The third-order valence-corrected chi connectivity index (χ3v) is 2.91. The molecular formula is C13H10F5N3. The third kappa shape index (κ3) is 3.17. The van der Waals surface area contributed by atoms with Gasteiger partial charge in [0, 0.05) is 18.0 Å². The van der Waals surface area contributed by atoms with Gasteiger partial charge in [-0.25, -0.2) is 14.2 Å². The van der Waals surface area contributed by atoms with Gasteiger partial charge in [-0.3, -0.25) is 10.8 Å². The Morgan fingerprint density at radius 1 is 1.10 bits per heavy atom. The summed E-state index contributed by atoms with van der Waals surface area (Å²) in [6.07, 6.45) is -2.65. The van der Waals surface area contributed by atoms with E-state index < -0.39 is 29.4 Å². The Kier molecular flexibility index (Phi) is 4.19. The molecular weight excluding hydrogens is 293 g/mol. The molecule has 0 amide bonds. The van der Waals surface area contributed by atoms with Gasteiger partial charge in [0.15, 0.2) is 11.6 Å². The number of nitrogens with two attached hydrogens (primary N) is 1. The minimum Gasteiger partial charge on any atom is -0.271 e. The van der Waals surface area contributed by atoms with Crippen molar-refractivity contribution < 1.29 is 22.0 Å². The molecule has 0 bridgehead atoms. The Balaban J connectivity index is 2.54. The van der Waals surface area contributed by atoms with Gasteiger partial charge >= 0.3 is 6.18 Å². The van der Waals surface area contributed by atoms with Crippen molar-refractivity contribution in [1.29, 1.82) is 0 Å². The molecule has 1 atom stereocenters. The maximum Gasteiger partial charge on any atom is 0.416 e. The van der Waals surface area contributed by atoms with Crippen LogP contribution in [0.15, 0.2) is 36.7 Å². The van der Waals surface area contributed by atoms with Crippen LogP contribution < -0.4 is 11.3 Å². The van der Waals surface area contributed by atoms with Crippen LogP contribution in [-0.2, 0) is 6.18 Å². The van der Waals surface area contributed by atoms with Crippen LogP contribution in [0.25, 0.3) is 0 Å². The Bertz CT molecular complexity index is 642. The van der Waals surface area contributed by atoms with Gasteiger partial charge in [-0.05, 0) is 23.8 Å². The molecule has 0 saturated heterocycles. The smallest absolute Gasteiger partial charge is 0.271 e. The Hall–Kier alpha value is -2.06. The molecule has 0 saturated carbocycles. The molecule has 3 N–H and O–H groups in total. The van der Waals surface area contributed by atoms with E-state index in [9.17, 15) is 22.0 Å². The summed E-state index contributed by atoms with van der Waals surface area (Å²) < 4.78 is 65.1. The summed E-state index contributed by atoms with van der Waals surface area (Å²) in [7, 11) is 0. The first-order chi connectivity index (χ1) is 9.84. The lowest BCUT2D eigenvalue weighted by Gasteiger charge is -2.21. The second-order valence-electron chi connectivity index (χ2n) is 4.23. The summed E-state index contributed by atoms with van der Waals surface area (Å²) in [5.74, 6) is 3.00. The predicted octanol–water partition coefficient (Wildman–Crippen LogP) is 2.93. The van der Waals surface area contributed by atoms with E-state index in [0.29, 0.717) is 0 Å². The van der Waals surface area contributed by atoms with E-state index in [2.05, 4.69) is 10.4 Å². The molecule has 1 aromatic heterocycles. The first-order valence-electron chi connectivity index (χ1n) is 5.76. The number of nitrogens with zero attached hydrogens (tertiary/aromatic N) is 1. The topological polar surface area (TPSA) is 50.9 Å². The highest BCUT2D eigenvalue weighted by Crippen LogP contribution is 2.35. The Morgan fingerprint density at radius 3 is 2.38 bits per heavy atom. The number of hydrazine groups is 1. The molecule has 0 spiro atoms. The van der Waals surface area contributed by atoms with Crippen molar-refractivity contribution in [3.63, 3.8) is 0 Å². The summed E-state index contributed by atoms with van der Waals surface area (Å²) >= 11 is 0. The van der Waals surface area contributed by atoms with Crippen LogP contribution in [0.3, 0.4) is 0 Å². The molecule has 8 heteroatoms. The Morgan fingerprint density at radius 2 is 1.81 bits per heavy atom. The monoisotopic (exact) mass is 303 g/mol. The first kappa shape index (κ1) is 15.3. The second-order valence-corrected chi connectivity index (χ2v) is 4.23. The first-order valence-corrected chi connectivity index (χ1v) is 5.76. The highest BCUT2D eigenvalue weighted by molar-refractivity contribution is 5.37. The molecule has 0 aliphatic carbocycles. The fourth-order valence-electron chi connectivity index (χ4n) is 1.95. The zero-order valence-corrected chi connectivity index (χ0v) is 10.5. The minimum atomic E-state index is -4.62. The van der Waals surface area contributed by atoms with Crippen molar-refractivity contribution in [2.45, 2.75) is 12.2 Å². The highest BCUT2D eigenvalue weighted by atomic mass is 19.4. The van der Waals surface area contributed by atoms with E-state index in [4.69, 9.17) is 5.84 Å². The standard InChI is InChI=1S/C13H10F5N3/c14-10-2-1-7(5-11(10)15)12(21-19)8-6-20-4-3-9(8)13(16,17)18/h1-6,12,21H,19H2. The Labute approximate surface area is 116 Å². The van der Waals surface area contributed by atoms with Gasteiger partial charge in [0.1, 0.15) is 0 Å². The largest absolute Gasteiger partial charge is 0.416 e. The number of nitrogens with one attached hydrogen (secondary N) is 1. The average Bonchev–Trinajstić information content (AvgIpc) is 2.43. The SMILES string of the molecule is NNC(c1ccc(F)c(F)c1)c1cnccc1C(F)(F)F. The van der Waals surface area contributed by atoms with Crippen LogP contribution in [0.2, 0.25) is 0 Å². The molecule has 3 nitrogen and oxygen atoms in total. The molecule has 1 heterocycles. The van der Waals surface area contributed by atoms with Crippen molar-refractivity contribution >= 4 is 0 Å². The van der Waals surface area contributed by atoms with E-state index in [1.165, 1.54) is 0 Å². The lowest BCUT2D eigenvalue weighted by molar-refractivity contribution is -0.138. The molecule has 0 aliphatic rings. The highest BCUT2D eigenvalue weighted by Gasteiger charge is 2.35. The summed E-state index contributed by atoms with van der Waals surface area (Å²) in [5, 5.41) is 0. The fourth-order valence-corrected chi connectivity index (χ4v) is 1.95. The summed E-state index contributed by atoms with van der Waals surface area (Å²) in [5.41, 5.74) is 0.983. The molecule has 0 radical (unpaired) electrons. The van der Waals surface area contributed by atoms with Gasteiger partial charge in [-0.1, -0.05) is 6.07 Å². The number of halogens is 5. The van der Waals surface area contributed by atoms with Crippen LogP contribution >= 0.6 is 0 Å². The number of hydrogen-bond acceptors (Lipinski definition) is 3. The maximum absolute atomic E-state index is 13.2. The number of aromatic nitrogens is 1. The van der Waals surface area contributed by atoms with E-state index in [0.717, 1.165) is 36.7 Å². The van der Waals surface area contributed by atoms with Gasteiger partial charge in [-0.15, -0.1) is 0 Å². The summed E-state index contributed by atoms with van der Waals surface area (Å²) in [6.45, 7) is 0. The molecule has 2 rings (SSSR count). The molecule has 2 aromatic rings. The summed E-state index contributed by atoms with van der Waals surface area (Å²) in [6, 6.07) is 2.37. The van der Waals surface area contributed by atoms with Crippen molar-refractivity contribution in [3.8, 4) is 0 Å². The van der Waals surface area contributed by atoms with E-state index >= 15 is 0 Å². The molecule has 112 valence electrons. The fraction of sp³-hybridized carbons (Fsp3) is 0.154. The number of hydrogen-bond donors (Lipinski definition) is 2. The lowest BCUT2D eigenvalue weighted by atomic mass is 9.96. The zero-order chi connectivity index (χ0) is 15.6. The van der Waals surface area contributed by atoms with Crippen LogP contribution in [0, 0.1) is 11.6 Å². The minimum absolute atomic E-state index is 0.0508. The van der Waals surface area contributed by atoms with Crippen LogP contribution in [0.4, 0.5) is 22.0 Å². The van der Waals surface area contributed by atoms with Crippen molar-refractivity contribution in [1.82, 2.24) is 10.4 Å². The van der Waals surface area contributed by atoms with Crippen molar-refractivity contribution in [2.24, 2.45) is 5.84 Å². The van der Waals surface area contributed by atoms with Crippen LogP contribution in [0.5, 0.6) is 0 Å². The normalized spacial score (nSPS) is 13.2. The molecule has 1 aromatic carbocycles. The van der Waals surface area contributed by atoms with Crippen molar-refractivity contribution in [3.05, 3.63) is 65.0 Å². The zero-order valence-electron chi connectivity index (χ0n) is 10.5. The number of benzene rings is 1. The van der Waals surface area contributed by atoms with Crippen LogP contribution in [-0.4, -0.2) is 4.98 Å². The van der Waals surface area contributed by atoms with E-state index in [1.54, 1.807) is 0 Å². The predicted molar refractivity (Wildman–Crippen MR) is 64.8 cm³/mol. The van der Waals surface area contributed by atoms with Crippen LogP contribution in [0.1, 0.15) is 22.7 Å². The number of rotatable bonds is 3. The second kappa shape index (κ2) is 5.74. The lowest BCUT2D eigenvalue weighted by Crippen LogP contribution is -2.31. The van der Waals surface area contributed by atoms with Gasteiger partial charge in [-0.2, -0.15) is 13.2 Å². The van der Waals surface area contributed by atoms with Crippen molar-refractivity contribution in [2.75, 3.05) is 0 Å². The quantitative estimate of drug-likeness (QED) is 0.521. The molecule has 0 fully saturated rings.